The lowest BCUT2D eigenvalue weighted by Crippen LogP contribution is -2.47. The molecule has 19 nitrogen and oxygen atoms in total. The molecule has 0 fully saturated rings. The molecule has 0 aromatic carbocycles. The van der Waals surface area contributed by atoms with Crippen molar-refractivity contribution in [2.75, 3.05) is 104 Å². The maximum absolute atomic E-state index is 13.7. The molecule has 0 heterocycles. The summed E-state index contributed by atoms with van der Waals surface area (Å²) in [6.45, 7) is 13.9. The first-order chi connectivity index (χ1) is 51.5. The Morgan fingerprint density at radius 1 is 0.349 bits per heavy atom. The van der Waals surface area contributed by atoms with Gasteiger partial charge in [-0.1, -0.05) is 226 Å². The average molecular weight is 1540 g/mol. The van der Waals surface area contributed by atoms with E-state index in [9.17, 15) is 49.2 Å². The van der Waals surface area contributed by atoms with Crippen LogP contribution in [0.3, 0.4) is 0 Å². The van der Waals surface area contributed by atoms with Gasteiger partial charge in [0.15, 0.2) is 0 Å². The van der Waals surface area contributed by atoms with Crippen molar-refractivity contribution in [1.82, 2.24) is 25.3 Å². The number of allylic oxidation sites excluding steroid dienone is 4. The van der Waals surface area contributed by atoms with Gasteiger partial charge in [-0.3, -0.25) is 38.6 Å². The molecule has 21 heteroatoms. The second-order valence-corrected chi connectivity index (χ2v) is 32.1. The lowest BCUT2D eigenvalue weighted by molar-refractivity contribution is -0.143. The molecule has 0 saturated heterocycles. The predicted molar refractivity (Wildman–Crippen MR) is 441 cm³/mol. The number of nitrogens with zero attached hydrogens (tertiary/aromatic N) is 3. The van der Waals surface area contributed by atoms with Crippen LogP contribution >= 0.6 is 21.6 Å². The number of esters is 4. The van der Waals surface area contributed by atoms with E-state index < -0.39 is 30.5 Å². The van der Waals surface area contributed by atoms with Crippen molar-refractivity contribution in [2.45, 2.75) is 354 Å². The van der Waals surface area contributed by atoms with Gasteiger partial charge in [0.05, 0.1) is 24.4 Å². The van der Waals surface area contributed by atoms with Crippen LogP contribution in [0.1, 0.15) is 323 Å². The van der Waals surface area contributed by atoms with Crippen LogP contribution in [0.2, 0.25) is 0 Å². The maximum Gasteiger partial charge on any atom is 0.306 e. The smallest absolute Gasteiger partial charge is 0.306 e. The van der Waals surface area contributed by atoms with Gasteiger partial charge in [0.25, 0.3) is 0 Å². The molecule has 0 aliphatic carbocycles. The Balaban J connectivity index is 5.62. The second kappa shape index (κ2) is 77.9. The number of ether oxygens (including phenoxy) is 4. The van der Waals surface area contributed by atoms with E-state index in [0.717, 1.165) is 134 Å². The lowest BCUT2D eigenvalue weighted by Gasteiger charge is -2.27. The highest BCUT2D eigenvalue weighted by atomic mass is 33.1. The van der Waals surface area contributed by atoms with E-state index in [0.29, 0.717) is 155 Å². The lowest BCUT2D eigenvalue weighted by atomic mass is 10.1. The Hall–Kier alpha value is -3.80. The van der Waals surface area contributed by atoms with E-state index in [1.54, 1.807) is 21.6 Å². The fourth-order valence-electron chi connectivity index (χ4n) is 12.2. The van der Waals surface area contributed by atoms with Crippen molar-refractivity contribution < 1.29 is 68.1 Å². The third kappa shape index (κ3) is 73.0. The van der Waals surface area contributed by atoms with E-state index in [1.807, 2.05) is 43.3 Å². The number of carbonyl (C=O) groups excluding carboxylic acids is 6. The number of aliphatic hydroxyl groups is 4. The Morgan fingerprint density at radius 3 is 1.02 bits per heavy atom. The van der Waals surface area contributed by atoms with Crippen molar-refractivity contribution >= 4 is 57.3 Å². The number of unbranched alkanes of at least 4 members (excludes halogenated alkanes) is 25. The summed E-state index contributed by atoms with van der Waals surface area (Å²) in [5.74, 6) is 0.187. The molecule has 0 aromatic rings. The van der Waals surface area contributed by atoms with Crippen molar-refractivity contribution in [3.63, 3.8) is 0 Å². The zero-order chi connectivity index (χ0) is 77.8. The quantitative estimate of drug-likeness (QED) is 0.0109. The van der Waals surface area contributed by atoms with E-state index >= 15 is 0 Å². The van der Waals surface area contributed by atoms with E-state index in [2.05, 4.69) is 72.4 Å². The number of aliphatic hydroxyl groups excluding tert-OH is 4. The highest BCUT2D eigenvalue weighted by Gasteiger charge is 2.23. The molecule has 618 valence electrons. The van der Waals surface area contributed by atoms with Gasteiger partial charge >= 0.3 is 23.9 Å². The SMILES string of the molecule is CCCCCC/C=C\COC(=O)CCCCCC(O)CN(CCCCSSCCC(NC(=O)CCCN(CC(O)CCCCCC(=O)OC/C=C\CCCCCC)CC(O)CCCCCC(=O)OC/C=C\CCCCCC)C(=O)NCCCN(C)C)CC(O)CCCCCC(=O)OC/C=C\CCCCCC. The van der Waals surface area contributed by atoms with E-state index in [4.69, 9.17) is 18.9 Å². The second-order valence-electron chi connectivity index (χ2n) is 29.4. The highest BCUT2D eigenvalue weighted by Crippen LogP contribution is 2.25. The zero-order valence-electron chi connectivity index (χ0n) is 68.0. The summed E-state index contributed by atoms with van der Waals surface area (Å²) in [6, 6.07) is -0.726. The number of rotatable bonds is 79. The minimum absolute atomic E-state index is 0.154. The van der Waals surface area contributed by atoms with Gasteiger partial charge in [-0.05, 0) is 169 Å². The largest absolute Gasteiger partial charge is 0.461 e. The number of nitrogens with one attached hydrogen (secondary N) is 2. The minimum atomic E-state index is -0.726. The van der Waals surface area contributed by atoms with Gasteiger partial charge in [0.2, 0.25) is 11.8 Å². The van der Waals surface area contributed by atoms with Crippen molar-refractivity contribution in [3.05, 3.63) is 48.6 Å². The number of amides is 2. The van der Waals surface area contributed by atoms with Gasteiger partial charge in [0.1, 0.15) is 32.5 Å². The standard InChI is InChI=1S/C85H157N5O14S2/c1-7-11-15-19-23-27-44-65-101-81(96)56-39-31-35-51-75(91)71-89(72-76(92)52-36-32-40-57-82(97)102-66-45-28-24-20-16-12-8-2)63-43-48-69-105-106-70-60-79(85(100)86-61-50-62-88(5)6)87-80(95)55-49-64-90(73-77(93)53-37-33-41-58-83(98)103-67-46-29-25-21-17-13-9-3)74-78(94)54-38-34-42-59-84(99)104-68-47-30-26-22-18-14-10-4/h27-30,44-47,75-79,91-94H,7-26,31-43,48-74H2,1-6H3,(H,86,100)(H,87,95)/b44-27-,45-28-,46-29-,47-30-. The van der Waals surface area contributed by atoms with Crippen molar-refractivity contribution in [2.24, 2.45) is 0 Å². The monoisotopic (exact) mass is 1540 g/mol. The molecule has 0 aromatic heterocycles. The maximum atomic E-state index is 13.7. The first kappa shape index (κ1) is 102. The molecule has 0 aliphatic heterocycles. The summed E-state index contributed by atoms with van der Waals surface area (Å²) in [5, 5.41) is 51.2. The molecular formula is C85H157N5O14S2. The molecule has 2 amide bonds. The van der Waals surface area contributed by atoms with E-state index in [1.165, 1.54) is 77.0 Å². The highest BCUT2D eigenvalue weighted by molar-refractivity contribution is 8.76. The Bertz CT molecular complexity index is 2080. The molecule has 0 aliphatic rings. The fraction of sp³-hybridized carbons (Fsp3) is 0.835. The predicted octanol–water partition coefficient (Wildman–Crippen LogP) is 17.0. The minimum Gasteiger partial charge on any atom is -0.461 e. The Kier molecular flexibility index (Phi) is 75.1. The van der Waals surface area contributed by atoms with Crippen LogP contribution in [-0.4, -0.2) is 206 Å². The third-order valence-corrected chi connectivity index (χ3v) is 21.1. The third-order valence-electron chi connectivity index (χ3n) is 18.6. The summed E-state index contributed by atoms with van der Waals surface area (Å²) in [5.41, 5.74) is 0. The summed E-state index contributed by atoms with van der Waals surface area (Å²) < 4.78 is 21.6. The molecule has 0 radical (unpaired) electrons. The summed E-state index contributed by atoms with van der Waals surface area (Å²) >= 11 is 0. The summed E-state index contributed by atoms with van der Waals surface area (Å²) in [7, 11) is 7.37. The molecule has 0 bridgehead atoms. The number of hydrogen-bond donors (Lipinski definition) is 6. The summed E-state index contributed by atoms with van der Waals surface area (Å²) in [4.78, 5) is 83.1. The zero-order valence-corrected chi connectivity index (χ0v) is 69.6. The van der Waals surface area contributed by atoms with Crippen LogP contribution in [0, 0.1) is 0 Å². The van der Waals surface area contributed by atoms with Crippen LogP contribution in [-0.2, 0) is 47.7 Å². The first-order valence-electron chi connectivity index (χ1n) is 42.4. The van der Waals surface area contributed by atoms with Gasteiger partial charge in [-0.15, -0.1) is 0 Å². The van der Waals surface area contributed by atoms with Gasteiger partial charge in [-0.25, -0.2) is 0 Å². The van der Waals surface area contributed by atoms with Crippen LogP contribution < -0.4 is 10.6 Å². The van der Waals surface area contributed by atoms with Crippen molar-refractivity contribution in [3.8, 4) is 0 Å². The molecule has 5 atom stereocenters. The average Bonchev–Trinajstić information content (AvgIpc) is 0.938. The van der Waals surface area contributed by atoms with Crippen LogP contribution in [0.5, 0.6) is 0 Å². The number of hydrogen-bond acceptors (Lipinski definition) is 19. The molecular weight excluding hydrogens is 1380 g/mol. The molecule has 5 unspecified atom stereocenters. The van der Waals surface area contributed by atoms with Gasteiger partial charge in [0, 0.05) is 76.3 Å². The molecule has 106 heavy (non-hydrogen) atoms. The van der Waals surface area contributed by atoms with Crippen LogP contribution in [0.25, 0.3) is 0 Å². The number of carbonyl (C=O) groups is 6. The molecule has 0 rings (SSSR count). The van der Waals surface area contributed by atoms with Gasteiger partial charge in [-0.2, -0.15) is 0 Å². The first-order valence-corrected chi connectivity index (χ1v) is 44.9. The van der Waals surface area contributed by atoms with Gasteiger partial charge < -0.3 is 54.9 Å². The normalized spacial score (nSPS) is 13.4. The molecule has 6 N–H and O–H groups in total. The fourth-order valence-corrected chi connectivity index (χ4v) is 14.5. The van der Waals surface area contributed by atoms with Crippen molar-refractivity contribution in [1.29, 1.82) is 0 Å². The van der Waals surface area contributed by atoms with Crippen LogP contribution in [0.4, 0.5) is 0 Å². The molecule has 0 saturated carbocycles. The Labute approximate surface area is 653 Å². The van der Waals surface area contributed by atoms with Crippen LogP contribution in [0.15, 0.2) is 48.6 Å². The van der Waals surface area contributed by atoms with E-state index in [-0.39, 0.29) is 55.3 Å². The topological polar surface area (TPSA) is 254 Å². The summed E-state index contributed by atoms with van der Waals surface area (Å²) in [6.07, 6.45) is 52.7. The Morgan fingerprint density at radius 2 is 0.679 bits per heavy atom. The molecule has 0 spiro atoms.